The molecule has 0 aromatic heterocycles. The predicted octanol–water partition coefficient (Wildman–Crippen LogP) is 4.54. The van der Waals surface area contributed by atoms with Crippen LogP contribution in [0.3, 0.4) is 0 Å². The quantitative estimate of drug-likeness (QED) is 0.544. The lowest BCUT2D eigenvalue weighted by molar-refractivity contribution is 0.0981. The van der Waals surface area contributed by atoms with Crippen molar-refractivity contribution in [3.05, 3.63) is 95.1 Å². The molecule has 0 atom stereocenters. The second-order valence-electron chi connectivity index (χ2n) is 8.56. The van der Waals surface area contributed by atoms with E-state index in [0.29, 0.717) is 17.7 Å². The molecule has 1 fully saturated rings. The molecule has 4 rings (SSSR count). The molecule has 0 heterocycles. The Morgan fingerprint density at radius 2 is 1.58 bits per heavy atom. The molecule has 0 saturated heterocycles. The second kappa shape index (κ2) is 10.3. The SMILES string of the molecule is O=C(c1ccc(F)cc1F)N(Cc1ccc(C2CCCCC2)cc1)c1ccc(B(O)O)cc1. The van der Waals surface area contributed by atoms with Gasteiger partial charge in [0.15, 0.2) is 0 Å². The smallest absolute Gasteiger partial charge is 0.423 e. The lowest BCUT2D eigenvalue weighted by Gasteiger charge is -2.25. The number of nitrogens with zero attached hydrogens (tertiary/aromatic N) is 1. The summed E-state index contributed by atoms with van der Waals surface area (Å²) in [6.45, 7) is 0.182. The molecule has 1 amide bonds. The normalized spacial score (nSPS) is 14.2. The van der Waals surface area contributed by atoms with Crippen LogP contribution in [-0.2, 0) is 6.54 Å². The summed E-state index contributed by atoms with van der Waals surface area (Å²) in [5, 5.41) is 18.7. The Morgan fingerprint density at radius 3 is 2.18 bits per heavy atom. The highest BCUT2D eigenvalue weighted by atomic mass is 19.1. The van der Waals surface area contributed by atoms with E-state index in [0.717, 1.165) is 17.7 Å². The fourth-order valence-electron chi connectivity index (χ4n) is 4.43. The van der Waals surface area contributed by atoms with E-state index in [-0.39, 0.29) is 17.6 Å². The number of rotatable bonds is 6. The van der Waals surface area contributed by atoms with Crippen molar-refractivity contribution in [1.82, 2.24) is 0 Å². The molecule has 3 aromatic rings. The zero-order valence-corrected chi connectivity index (χ0v) is 18.3. The van der Waals surface area contributed by atoms with Crippen molar-refractivity contribution in [3.8, 4) is 0 Å². The zero-order valence-electron chi connectivity index (χ0n) is 18.3. The van der Waals surface area contributed by atoms with Gasteiger partial charge in [0.25, 0.3) is 5.91 Å². The molecule has 2 N–H and O–H groups in total. The number of anilines is 1. The standard InChI is InChI=1S/C26H26BF2NO3/c28-22-12-15-24(25(29)16-22)26(31)30(23-13-10-21(11-14-23)27(32)33)17-18-6-8-20(9-7-18)19-4-2-1-3-5-19/h6-16,19,32-33H,1-5,17H2. The van der Waals surface area contributed by atoms with E-state index in [9.17, 15) is 23.6 Å². The van der Waals surface area contributed by atoms with Crippen LogP contribution in [0, 0.1) is 11.6 Å². The van der Waals surface area contributed by atoms with E-state index < -0.39 is 24.7 Å². The van der Waals surface area contributed by atoms with E-state index in [1.165, 1.54) is 54.7 Å². The van der Waals surface area contributed by atoms with E-state index in [1.54, 1.807) is 12.1 Å². The maximum absolute atomic E-state index is 14.4. The number of amides is 1. The minimum absolute atomic E-state index is 0.182. The Bertz CT molecular complexity index is 1100. The number of carbonyl (C=O) groups excluding carboxylic acids is 1. The highest BCUT2D eigenvalue weighted by molar-refractivity contribution is 6.58. The van der Waals surface area contributed by atoms with Gasteiger partial charge in [0, 0.05) is 11.8 Å². The molecule has 1 aliphatic carbocycles. The van der Waals surface area contributed by atoms with Gasteiger partial charge in [0.05, 0.1) is 12.1 Å². The Balaban J connectivity index is 1.62. The topological polar surface area (TPSA) is 60.8 Å². The summed E-state index contributed by atoms with van der Waals surface area (Å²) in [6, 6.07) is 17.2. The Labute approximate surface area is 192 Å². The van der Waals surface area contributed by atoms with Gasteiger partial charge in [-0.25, -0.2) is 8.78 Å². The molecule has 7 heteroatoms. The molecule has 4 nitrogen and oxygen atoms in total. The molecule has 1 saturated carbocycles. The first-order valence-electron chi connectivity index (χ1n) is 11.2. The van der Waals surface area contributed by atoms with Crippen molar-refractivity contribution in [2.75, 3.05) is 4.90 Å². The summed E-state index contributed by atoms with van der Waals surface area (Å²) in [4.78, 5) is 14.7. The van der Waals surface area contributed by atoms with Crippen LogP contribution in [-0.4, -0.2) is 23.1 Å². The van der Waals surface area contributed by atoms with E-state index in [1.807, 2.05) is 12.1 Å². The van der Waals surface area contributed by atoms with E-state index in [4.69, 9.17) is 0 Å². The number of benzene rings is 3. The van der Waals surface area contributed by atoms with Gasteiger partial charge in [-0.1, -0.05) is 55.7 Å². The average molecular weight is 449 g/mol. The third-order valence-corrected chi connectivity index (χ3v) is 6.31. The monoisotopic (exact) mass is 449 g/mol. The second-order valence-corrected chi connectivity index (χ2v) is 8.56. The van der Waals surface area contributed by atoms with Gasteiger partial charge in [0.1, 0.15) is 11.6 Å². The molecule has 0 radical (unpaired) electrons. The van der Waals surface area contributed by atoms with Gasteiger partial charge in [0.2, 0.25) is 0 Å². The summed E-state index contributed by atoms with van der Waals surface area (Å²) >= 11 is 0. The molecule has 0 spiro atoms. The summed E-state index contributed by atoms with van der Waals surface area (Å²) < 4.78 is 27.8. The van der Waals surface area contributed by atoms with Crippen LogP contribution in [0.25, 0.3) is 0 Å². The summed E-state index contributed by atoms with van der Waals surface area (Å²) in [5.41, 5.74) is 2.67. The van der Waals surface area contributed by atoms with E-state index in [2.05, 4.69) is 12.1 Å². The van der Waals surface area contributed by atoms with Crippen molar-refractivity contribution in [2.45, 2.75) is 44.6 Å². The fourth-order valence-corrected chi connectivity index (χ4v) is 4.43. The first-order chi connectivity index (χ1) is 15.9. The molecule has 0 bridgehead atoms. The predicted molar refractivity (Wildman–Crippen MR) is 125 cm³/mol. The molecule has 0 aliphatic heterocycles. The maximum atomic E-state index is 14.4. The maximum Gasteiger partial charge on any atom is 0.488 e. The van der Waals surface area contributed by atoms with Gasteiger partial charge in [-0.05, 0) is 59.6 Å². The zero-order chi connectivity index (χ0) is 23.4. The van der Waals surface area contributed by atoms with Crippen LogP contribution >= 0.6 is 0 Å². The highest BCUT2D eigenvalue weighted by Crippen LogP contribution is 2.33. The van der Waals surface area contributed by atoms with Crippen LogP contribution in [0.2, 0.25) is 0 Å². The van der Waals surface area contributed by atoms with Crippen LogP contribution in [0.1, 0.15) is 59.5 Å². The van der Waals surface area contributed by atoms with Crippen molar-refractivity contribution in [1.29, 1.82) is 0 Å². The van der Waals surface area contributed by atoms with Crippen LogP contribution in [0.4, 0.5) is 14.5 Å². The Kier molecular flexibility index (Phi) is 7.21. The minimum atomic E-state index is -1.63. The van der Waals surface area contributed by atoms with Gasteiger partial charge in [-0.2, -0.15) is 0 Å². The molecule has 3 aromatic carbocycles. The van der Waals surface area contributed by atoms with Crippen LogP contribution in [0.15, 0.2) is 66.7 Å². The van der Waals surface area contributed by atoms with Crippen LogP contribution in [0.5, 0.6) is 0 Å². The van der Waals surface area contributed by atoms with Crippen molar-refractivity contribution in [2.24, 2.45) is 0 Å². The van der Waals surface area contributed by atoms with Gasteiger partial charge >= 0.3 is 7.12 Å². The van der Waals surface area contributed by atoms with Gasteiger partial charge in [-0.3, -0.25) is 4.79 Å². The fraction of sp³-hybridized carbons (Fsp3) is 0.269. The molecule has 1 aliphatic rings. The Morgan fingerprint density at radius 1 is 0.909 bits per heavy atom. The molecule has 33 heavy (non-hydrogen) atoms. The lowest BCUT2D eigenvalue weighted by atomic mass is 9.80. The van der Waals surface area contributed by atoms with Crippen molar-refractivity contribution in [3.63, 3.8) is 0 Å². The summed E-state index contributed by atoms with van der Waals surface area (Å²) in [5.74, 6) is -1.73. The Hall–Kier alpha value is -3.03. The molecular weight excluding hydrogens is 423 g/mol. The summed E-state index contributed by atoms with van der Waals surface area (Å²) in [7, 11) is -1.63. The van der Waals surface area contributed by atoms with E-state index >= 15 is 0 Å². The van der Waals surface area contributed by atoms with Gasteiger partial charge < -0.3 is 14.9 Å². The third-order valence-electron chi connectivity index (χ3n) is 6.31. The molecule has 170 valence electrons. The minimum Gasteiger partial charge on any atom is -0.423 e. The molecular formula is C26H26BF2NO3. The first-order valence-corrected chi connectivity index (χ1v) is 11.2. The molecule has 0 unspecified atom stereocenters. The average Bonchev–Trinajstić information content (AvgIpc) is 2.83. The number of hydrogen-bond donors (Lipinski definition) is 2. The number of hydrogen-bond acceptors (Lipinski definition) is 3. The number of carbonyl (C=O) groups is 1. The third kappa shape index (κ3) is 5.49. The lowest BCUT2D eigenvalue weighted by Crippen LogP contribution is -2.33. The van der Waals surface area contributed by atoms with Crippen LogP contribution < -0.4 is 10.4 Å². The van der Waals surface area contributed by atoms with Gasteiger partial charge in [-0.15, -0.1) is 0 Å². The summed E-state index contributed by atoms with van der Waals surface area (Å²) in [6.07, 6.45) is 6.17. The first kappa shape index (κ1) is 23.1. The van der Waals surface area contributed by atoms with Crippen molar-refractivity contribution >= 4 is 24.2 Å². The highest BCUT2D eigenvalue weighted by Gasteiger charge is 2.23. The number of halogens is 2. The van der Waals surface area contributed by atoms with Crippen molar-refractivity contribution < 1.29 is 23.6 Å². The largest absolute Gasteiger partial charge is 0.488 e.